The first kappa shape index (κ1) is 13.0. The Morgan fingerprint density at radius 1 is 1.56 bits per heavy atom. The van der Waals surface area contributed by atoms with Crippen molar-refractivity contribution in [3.8, 4) is 0 Å². The molecule has 1 heterocycles. The highest BCUT2D eigenvalue weighted by molar-refractivity contribution is 9.10. The van der Waals surface area contributed by atoms with Gasteiger partial charge in [0, 0.05) is 15.5 Å². The summed E-state index contributed by atoms with van der Waals surface area (Å²) in [5.74, 6) is -0.417. The second-order valence-electron chi connectivity index (χ2n) is 3.67. The van der Waals surface area contributed by atoms with E-state index in [9.17, 15) is 4.79 Å². The van der Waals surface area contributed by atoms with E-state index in [0.29, 0.717) is 15.7 Å². The molecule has 94 valence electrons. The van der Waals surface area contributed by atoms with E-state index >= 15 is 0 Å². The first-order valence-corrected chi connectivity index (χ1v) is 6.86. The molecule has 0 bridgehead atoms. The van der Waals surface area contributed by atoms with Gasteiger partial charge < -0.3 is 10.5 Å². The van der Waals surface area contributed by atoms with Crippen molar-refractivity contribution in [3.05, 3.63) is 44.3 Å². The van der Waals surface area contributed by atoms with Crippen molar-refractivity contribution < 1.29 is 9.53 Å². The summed E-state index contributed by atoms with van der Waals surface area (Å²) in [6, 6.07) is 5.02. The zero-order valence-electron chi connectivity index (χ0n) is 9.64. The van der Waals surface area contributed by atoms with Crippen molar-refractivity contribution in [2.24, 2.45) is 0 Å². The molecule has 0 aliphatic rings. The highest BCUT2D eigenvalue weighted by atomic mass is 79.9. The maximum atomic E-state index is 11.9. The molecule has 0 saturated heterocycles. The van der Waals surface area contributed by atoms with Gasteiger partial charge in [-0.3, -0.25) is 0 Å². The van der Waals surface area contributed by atoms with Gasteiger partial charge in [0.25, 0.3) is 0 Å². The lowest BCUT2D eigenvalue weighted by Gasteiger charge is -2.05. The molecule has 0 unspecified atom stereocenters. The fraction of sp³-hybridized carbons (Fsp3) is 0.167. The number of carbonyl (C=O) groups excluding carboxylic acids is 1. The molecule has 2 N–H and O–H groups in total. The zero-order chi connectivity index (χ0) is 13.1. The Morgan fingerprint density at radius 2 is 2.33 bits per heavy atom. The van der Waals surface area contributed by atoms with Crippen molar-refractivity contribution in [1.29, 1.82) is 0 Å². The van der Waals surface area contributed by atoms with Crippen LogP contribution in [0.5, 0.6) is 0 Å². The molecule has 0 radical (unpaired) electrons. The monoisotopic (exact) mass is 326 g/mol. The van der Waals surface area contributed by atoms with Gasteiger partial charge in [-0.1, -0.05) is 0 Å². The standard InChI is InChI=1S/C12H11BrN2O2S/c1-7-15-9(6-18-7)5-17-12(16)10-4-8(14)2-3-11(10)13/h2-4,6H,5,14H2,1H3. The molecule has 0 aliphatic heterocycles. The molecule has 1 aromatic carbocycles. The largest absolute Gasteiger partial charge is 0.456 e. The summed E-state index contributed by atoms with van der Waals surface area (Å²) in [4.78, 5) is 16.1. The van der Waals surface area contributed by atoms with E-state index in [1.54, 1.807) is 18.2 Å². The summed E-state index contributed by atoms with van der Waals surface area (Å²) < 4.78 is 5.85. The fourth-order valence-corrected chi connectivity index (χ4v) is 2.40. The van der Waals surface area contributed by atoms with Crippen LogP contribution >= 0.6 is 27.3 Å². The Morgan fingerprint density at radius 3 is 3.00 bits per heavy atom. The molecule has 0 amide bonds. The van der Waals surface area contributed by atoms with Crippen LogP contribution < -0.4 is 5.73 Å². The van der Waals surface area contributed by atoms with E-state index in [1.165, 1.54) is 11.3 Å². The maximum absolute atomic E-state index is 11.9. The van der Waals surface area contributed by atoms with Crippen LogP contribution in [0, 0.1) is 6.92 Å². The first-order chi connectivity index (χ1) is 8.56. The summed E-state index contributed by atoms with van der Waals surface area (Å²) in [7, 11) is 0. The van der Waals surface area contributed by atoms with Crippen LogP contribution in [0.15, 0.2) is 28.1 Å². The normalized spacial score (nSPS) is 10.3. The molecule has 2 aromatic rings. The number of nitrogens with zero attached hydrogens (tertiary/aromatic N) is 1. The molecule has 0 fully saturated rings. The third-order valence-electron chi connectivity index (χ3n) is 2.23. The number of esters is 1. The van der Waals surface area contributed by atoms with Gasteiger partial charge >= 0.3 is 5.97 Å². The molecule has 2 rings (SSSR count). The van der Waals surface area contributed by atoms with Gasteiger partial charge in [0.05, 0.1) is 16.3 Å². The molecule has 18 heavy (non-hydrogen) atoms. The highest BCUT2D eigenvalue weighted by Crippen LogP contribution is 2.21. The minimum Gasteiger partial charge on any atom is -0.456 e. The van der Waals surface area contributed by atoms with Crippen LogP contribution in [0.2, 0.25) is 0 Å². The van der Waals surface area contributed by atoms with Gasteiger partial charge in [0.1, 0.15) is 6.61 Å². The Balaban J connectivity index is 2.05. The van der Waals surface area contributed by atoms with Crippen LogP contribution in [-0.4, -0.2) is 11.0 Å². The number of aryl methyl sites for hydroxylation is 1. The third-order valence-corrected chi connectivity index (χ3v) is 3.74. The average molecular weight is 327 g/mol. The van der Waals surface area contributed by atoms with Crippen LogP contribution in [0.25, 0.3) is 0 Å². The van der Waals surface area contributed by atoms with Gasteiger partial charge in [-0.2, -0.15) is 0 Å². The van der Waals surface area contributed by atoms with E-state index in [1.807, 2.05) is 12.3 Å². The second-order valence-corrected chi connectivity index (χ2v) is 5.59. The Kier molecular flexibility index (Phi) is 3.98. The van der Waals surface area contributed by atoms with Crippen LogP contribution in [0.4, 0.5) is 5.69 Å². The first-order valence-electron chi connectivity index (χ1n) is 5.19. The van der Waals surface area contributed by atoms with Gasteiger partial charge in [-0.15, -0.1) is 11.3 Å². The van der Waals surface area contributed by atoms with Gasteiger partial charge in [0.2, 0.25) is 0 Å². The molecular formula is C12H11BrN2O2S. The van der Waals surface area contributed by atoms with Gasteiger partial charge in [-0.25, -0.2) is 9.78 Å². The fourth-order valence-electron chi connectivity index (χ4n) is 1.39. The van der Waals surface area contributed by atoms with E-state index in [0.717, 1.165) is 10.7 Å². The summed E-state index contributed by atoms with van der Waals surface area (Å²) in [5.41, 5.74) is 7.33. The molecule has 0 saturated carbocycles. The minimum absolute atomic E-state index is 0.171. The van der Waals surface area contributed by atoms with E-state index < -0.39 is 5.97 Å². The summed E-state index contributed by atoms with van der Waals surface area (Å²) in [5, 5.41) is 2.82. The lowest BCUT2D eigenvalue weighted by atomic mass is 10.2. The summed E-state index contributed by atoms with van der Waals surface area (Å²) in [6.07, 6.45) is 0. The molecule has 4 nitrogen and oxygen atoms in total. The molecule has 0 atom stereocenters. The number of thiazole rings is 1. The number of rotatable bonds is 3. The van der Waals surface area contributed by atoms with Crippen LogP contribution in [-0.2, 0) is 11.3 Å². The smallest absolute Gasteiger partial charge is 0.339 e. The number of halogens is 1. The topological polar surface area (TPSA) is 65.2 Å². The Bertz CT molecular complexity index is 583. The van der Waals surface area contributed by atoms with Crippen LogP contribution in [0.1, 0.15) is 21.1 Å². The summed E-state index contributed by atoms with van der Waals surface area (Å²) >= 11 is 4.82. The van der Waals surface area contributed by atoms with E-state index in [4.69, 9.17) is 10.5 Å². The summed E-state index contributed by atoms with van der Waals surface area (Å²) in [6.45, 7) is 2.08. The predicted octanol–water partition coefficient (Wildman–Crippen LogP) is 3.15. The number of anilines is 1. The van der Waals surface area contributed by atoms with Gasteiger partial charge in [-0.05, 0) is 41.1 Å². The Labute approximate surface area is 117 Å². The molecular weight excluding hydrogens is 316 g/mol. The third kappa shape index (κ3) is 3.08. The molecule has 1 aromatic heterocycles. The number of nitrogens with two attached hydrogens (primary N) is 1. The minimum atomic E-state index is -0.417. The second kappa shape index (κ2) is 5.49. The van der Waals surface area contributed by atoms with Crippen molar-refractivity contribution >= 4 is 38.9 Å². The van der Waals surface area contributed by atoms with Crippen molar-refractivity contribution in [2.45, 2.75) is 13.5 Å². The number of hydrogen-bond donors (Lipinski definition) is 1. The predicted molar refractivity (Wildman–Crippen MR) is 74.5 cm³/mol. The van der Waals surface area contributed by atoms with E-state index in [2.05, 4.69) is 20.9 Å². The van der Waals surface area contributed by atoms with Crippen LogP contribution in [0.3, 0.4) is 0 Å². The van der Waals surface area contributed by atoms with Gasteiger partial charge in [0.15, 0.2) is 0 Å². The van der Waals surface area contributed by atoms with Crippen molar-refractivity contribution in [3.63, 3.8) is 0 Å². The van der Waals surface area contributed by atoms with E-state index in [-0.39, 0.29) is 6.61 Å². The lowest BCUT2D eigenvalue weighted by molar-refractivity contribution is 0.0467. The molecule has 0 spiro atoms. The van der Waals surface area contributed by atoms with Crippen molar-refractivity contribution in [1.82, 2.24) is 4.98 Å². The maximum Gasteiger partial charge on any atom is 0.339 e. The quantitative estimate of drug-likeness (QED) is 0.695. The number of nitrogen functional groups attached to an aromatic ring is 1. The number of aromatic nitrogens is 1. The van der Waals surface area contributed by atoms with Crippen molar-refractivity contribution in [2.75, 3.05) is 5.73 Å². The number of carbonyl (C=O) groups is 1. The zero-order valence-corrected chi connectivity index (χ0v) is 12.0. The highest BCUT2D eigenvalue weighted by Gasteiger charge is 2.12. The number of ether oxygens (including phenoxy) is 1. The Hall–Kier alpha value is -1.40. The molecule has 0 aliphatic carbocycles. The average Bonchev–Trinajstić information content (AvgIpc) is 2.75. The number of hydrogen-bond acceptors (Lipinski definition) is 5. The lowest BCUT2D eigenvalue weighted by Crippen LogP contribution is -2.07. The SMILES string of the molecule is Cc1nc(COC(=O)c2cc(N)ccc2Br)cs1. The number of benzene rings is 1. The molecule has 6 heteroatoms.